The summed E-state index contributed by atoms with van der Waals surface area (Å²) in [6, 6.07) is 2.00. The number of amides is 1. The molecule has 1 aliphatic rings. The molecule has 0 radical (unpaired) electrons. The molecule has 1 amide bonds. The number of aryl methyl sites for hydroxylation is 2. The van der Waals surface area contributed by atoms with Crippen LogP contribution in [0, 0.1) is 13.8 Å². The topological polar surface area (TPSA) is 83.5 Å². The van der Waals surface area contributed by atoms with Crippen molar-refractivity contribution in [2.75, 3.05) is 58.4 Å². The molecule has 0 bridgehead atoms. The van der Waals surface area contributed by atoms with Crippen LogP contribution in [0.4, 0.5) is 5.82 Å². The van der Waals surface area contributed by atoms with Crippen LogP contribution in [0.1, 0.15) is 21.9 Å². The van der Waals surface area contributed by atoms with Crippen LogP contribution in [-0.4, -0.2) is 79.2 Å². The maximum absolute atomic E-state index is 12.5. The van der Waals surface area contributed by atoms with E-state index < -0.39 is 0 Å². The summed E-state index contributed by atoms with van der Waals surface area (Å²) in [6.45, 7) is 8.57. The average molecular weight is 358 g/mol. The standard InChI is InChI=1S/C18H26N6O2/c1-12-11-13(2)20-15-14(12)17(23(3)4)22-16(21-15)18(25)19-5-6-24-7-9-26-10-8-24/h11H,5-10H2,1-4H3,(H,19,25). The molecule has 8 heteroatoms. The molecule has 0 spiro atoms. The number of pyridine rings is 1. The molecule has 2 aromatic heterocycles. The predicted molar refractivity (Wildman–Crippen MR) is 101 cm³/mol. The number of fused-ring (bicyclic) bond motifs is 1. The van der Waals surface area contributed by atoms with Crippen LogP contribution in [0.5, 0.6) is 0 Å². The van der Waals surface area contributed by atoms with E-state index in [1.165, 1.54) is 0 Å². The van der Waals surface area contributed by atoms with Crippen molar-refractivity contribution < 1.29 is 9.53 Å². The number of carbonyl (C=O) groups excluding carboxylic acids is 1. The Bertz CT molecular complexity index is 802. The second-order valence-electron chi connectivity index (χ2n) is 6.75. The summed E-state index contributed by atoms with van der Waals surface area (Å²) >= 11 is 0. The summed E-state index contributed by atoms with van der Waals surface area (Å²) in [5, 5.41) is 3.79. The average Bonchev–Trinajstić information content (AvgIpc) is 2.61. The van der Waals surface area contributed by atoms with Crippen molar-refractivity contribution in [3.8, 4) is 0 Å². The zero-order valence-electron chi connectivity index (χ0n) is 15.9. The zero-order chi connectivity index (χ0) is 18.7. The lowest BCUT2D eigenvalue weighted by molar-refractivity contribution is 0.0383. The number of anilines is 1. The highest BCUT2D eigenvalue weighted by atomic mass is 16.5. The predicted octanol–water partition coefficient (Wildman–Crippen LogP) is 0.770. The normalized spacial score (nSPS) is 15.2. The monoisotopic (exact) mass is 358 g/mol. The van der Waals surface area contributed by atoms with Gasteiger partial charge in [0, 0.05) is 46.0 Å². The van der Waals surface area contributed by atoms with Gasteiger partial charge in [0.05, 0.1) is 18.6 Å². The number of rotatable bonds is 5. The van der Waals surface area contributed by atoms with Gasteiger partial charge in [0.2, 0.25) is 5.82 Å². The van der Waals surface area contributed by atoms with Gasteiger partial charge in [-0.25, -0.2) is 15.0 Å². The third kappa shape index (κ3) is 4.08. The highest BCUT2D eigenvalue weighted by molar-refractivity contribution is 5.96. The van der Waals surface area contributed by atoms with Crippen LogP contribution >= 0.6 is 0 Å². The Morgan fingerprint density at radius 3 is 2.65 bits per heavy atom. The maximum atomic E-state index is 12.5. The number of ether oxygens (including phenoxy) is 1. The van der Waals surface area contributed by atoms with Crippen LogP contribution in [0.3, 0.4) is 0 Å². The van der Waals surface area contributed by atoms with Crippen molar-refractivity contribution in [3.05, 3.63) is 23.1 Å². The Balaban J connectivity index is 1.79. The first-order chi connectivity index (χ1) is 12.5. The van der Waals surface area contributed by atoms with E-state index in [2.05, 4.69) is 25.2 Å². The largest absolute Gasteiger partial charge is 0.379 e. The fraction of sp³-hybridized carbons (Fsp3) is 0.556. The molecule has 8 nitrogen and oxygen atoms in total. The molecule has 0 aromatic carbocycles. The molecule has 1 N–H and O–H groups in total. The van der Waals surface area contributed by atoms with Crippen molar-refractivity contribution in [2.24, 2.45) is 0 Å². The molecule has 0 atom stereocenters. The molecular formula is C18H26N6O2. The van der Waals surface area contributed by atoms with E-state index in [0.29, 0.717) is 18.0 Å². The van der Waals surface area contributed by atoms with E-state index >= 15 is 0 Å². The lowest BCUT2D eigenvalue weighted by atomic mass is 10.1. The van der Waals surface area contributed by atoms with E-state index in [9.17, 15) is 4.79 Å². The van der Waals surface area contributed by atoms with Gasteiger partial charge in [-0.3, -0.25) is 9.69 Å². The van der Waals surface area contributed by atoms with E-state index in [0.717, 1.165) is 49.5 Å². The minimum absolute atomic E-state index is 0.153. The van der Waals surface area contributed by atoms with Gasteiger partial charge in [0.25, 0.3) is 5.91 Å². The molecule has 26 heavy (non-hydrogen) atoms. The van der Waals surface area contributed by atoms with Crippen LogP contribution in [0.2, 0.25) is 0 Å². The van der Waals surface area contributed by atoms with Crippen LogP contribution < -0.4 is 10.2 Å². The molecule has 2 aromatic rings. The van der Waals surface area contributed by atoms with Gasteiger partial charge in [0.1, 0.15) is 5.82 Å². The van der Waals surface area contributed by atoms with E-state index in [1.807, 2.05) is 38.9 Å². The number of nitrogens with zero attached hydrogens (tertiary/aromatic N) is 5. The fourth-order valence-electron chi connectivity index (χ4n) is 3.11. The number of morpholine rings is 1. The summed E-state index contributed by atoms with van der Waals surface area (Å²) < 4.78 is 5.33. The molecule has 0 saturated carbocycles. The van der Waals surface area contributed by atoms with Gasteiger partial charge in [-0.05, 0) is 25.5 Å². The summed E-state index contributed by atoms with van der Waals surface area (Å²) in [7, 11) is 3.81. The smallest absolute Gasteiger partial charge is 0.289 e. The minimum Gasteiger partial charge on any atom is -0.379 e. The summed E-state index contributed by atoms with van der Waals surface area (Å²) in [5.41, 5.74) is 2.48. The Labute approximate surface area is 153 Å². The Morgan fingerprint density at radius 1 is 1.23 bits per heavy atom. The van der Waals surface area contributed by atoms with Crippen molar-refractivity contribution in [3.63, 3.8) is 0 Å². The quantitative estimate of drug-likeness (QED) is 0.845. The van der Waals surface area contributed by atoms with Crippen molar-refractivity contribution >= 4 is 22.8 Å². The first-order valence-corrected chi connectivity index (χ1v) is 8.87. The Morgan fingerprint density at radius 2 is 1.96 bits per heavy atom. The third-order valence-electron chi connectivity index (χ3n) is 4.42. The van der Waals surface area contributed by atoms with Crippen LogP contribution in [-0.2, 0) is 4.74 Å². The first-order valence-electron chi connectivity index (χ1n) is 8.87. The van der Waals surface area contributed by atoms with Crippen molar-refractivity contribution in [1.29, 1.82) is 0 Å². The molecule has 140 valence electrons. The number of hydrogen-bond acceptors (Lipinski definition) is 7. The Hall–Kier alpha value is -2.32. The summed E-state index contributed by atoms with van der Waals surface area (Å²) in [6.07, 6.45) is 0. The maximum Gasteiger partial charge on any atom is 0.289 e. The molecule has 3 rings (SSSR count). The molecule has 1 aliphatic heterocycles. The fourth-order valence-corrected chi connectivity index (χ4v) is 3.11. The second-order valence-corrected chi connectivity index (χ2v) is 6.75. The number of carbonyl (C=O) groups is 1. The van der Waals surface area contributed by atoms with Gasteiger partial charge >= 0.3 is 0 Å². The molecular weight excluding hydrogens is 332 g/mol. The van der Waals surface area contributed by atoms with Crippen LogP contribution in [0.15, 0.2) is 6.07 Å². The molecule has 1 fully saturated rings. The number of aromatic nitrogens is 3. The van der Waals surface area contributed by atoms with Crippen molar-refractivity contribution in [2.45, 2.75) is 13.8 Å². The highest BCUT2D eigenvalue weighted by Gasteiger charge is 2.18. The lowest BCUT2D eigenvalue weighted by Crippen LogP contribution is -2.41. The van der Waals surface area contributed by atoms with E-state index in [1.54, 1.807) is 0 Å². The molecule has 0 unspecified atom stereocenters. The third-order valence-corrected chi connectivity index (χ3v) is 4.42. The number of hydrogen-bond donors (Lipinski definition) is 1. The van der Waals surface area contributed by atoms with Gasteiger partial charge in [-0.15, -0.1) is 0 Å². The highest BCUT2D eigenvalue weighted by Crippen LogP contribution is 2.25. The van der Waals surface area contributed by atoms with Gasteiger partial charge in [-0.2, -0.15) is 0 Å². The van der Waals surface area contributed by atoms with Crippen LogP contribution in [0.25, 0.3) is 11.0 Å². The van der Waals surface area contributed by atoms with Gasteiger partial charge in [0.15, 0.2) is 5.65 Å². The zero-order valence-corrected chi connectivity index (χ0v) is 15.9. The van der Waals surface area contributed by atoms with Gasteiger partial charge in [-0.1, -0.05) is 0 Å². The molecule has 1 saturated heterocycles. The van der Waals surface area contributed by atoms with Crippen molar-refractivity contribution in [1.82, 2.24) is 25.2 Å². The molecule has 3 heterocycles. The minimum atomic E-state index is -0.274. The lowest BCUT2D eigenvalue weighted by Gasteiger charge is -2.26. The first kappa shape index (κ1) is 18.5. The van der Waals surface area contributed by atoms with E-state index in [4.69, 9.17) is 4.74 Å². The summed E-state index contributed by atoms with van der Waals surface area (Å²) in [4.78, 5) is 30.1. The second kappa shape index (κ2) is 7.92. The Kier molecular flexibility index (Phi) is 5.63. The SMILES string of the molecule is Cc1cc(C)c2c(N(C)C)nc(C(=O)NCCN3CCOCC3)nc2n1. The van der Waals surface area contributed by atoms with Gasteiger partial charge < -0.3 is 15.0 Å². The number of nitrogens with one attached hydrogen (secondary N) is 1. The van der Waals surface area contributed by atoms with E-state index in [-0.39, 0.29) is 11.7 Å². The summed E-state index contributed by atoms with van der Waals surface area (Å²) in [5.74, 6) is 0.586. The molecule has 0 aliphatic carbocycles.